The van der Waals surface area contributed by atoms with Crippen LogP contribution in [0.2, 0.25) is 0 Å². The van der Waals surface area contributed by atoms with E-state index in [2.05, 4.69) is 31.4 Å². The third-order valence-electron chi connectivity index (χ3n) is 3.54. The molecule has 30 heavy (non-hydrogen) atoms. The van der Waals surface area contributed by atoms with Gasteiger partial charge >= 0.3 is 17.7 Å². The van der Waals surface area contributed by atoms with Crippen LogP contribution < -0.4 is 16.4 Å². The van der Waals surface area contributed by atoms with E-state index >= 15 is 0 Å². The fourth-order valence-corrected chi connectivity index (χ4v) is 1.82. The summed E-state index contributed by atoms with van der Waals surface area (Å²) >= 11 is 0. The predicted octanol–water partition coefficient (Wildman–Crippen LogP) is 1.26. The third-order valence-corrected chi connectivity index (χ3v) is 3.54. The van der Waals surface area contributed by atoms with Crippen molar-refractivity contribution >= 4 is 17.7 Å². The molecule has 0 saturated carbocycles. The molecule has 1 aromatic heterocycles. The van der Waals surface area contributed by atoms with Gasteiger partial charge in [0.1, 0.15) is 0 Å². The number of nitrogens with one attached hydrogen (secondary N) is 3. The minimum absolute atomic E-state index is 0.296. The third kappa shape index (κ3) is 9.67. The highest BCUT2D eigenvalue weighted by molar-refractivity contribution is 5.96. The number of hydroxylamine groups is 3. The summed E-state index contributed by atoms with van der Waals surface area (Å²) in [5.41, 5.74) is 6.50. The number of nitrogens with zero attached hydrogens (tertiary/aromatic N) is 3. The van der Waals surface area contributed by atoms with Crippen molar-refractivity contribution < 1.29 is 28.9 Å². The van der Waals surface area contributed by atoms with Crippen LogP contribution in [0.3, 0.4) is 0 Å². The molecule has 3 amide bonds. The van der Waals surface area contributed by atoms with E-state index < -0.39 is 35.2 Å². The lowest BCUT2D eigenvalue weighted by molar-refractivity contribution is 0.0270. The van der Waals surface area contributed by atoms with E-state index in [1.54, 1.807) is 0 Å². The summed E-state index contributed by atoms with van der Waals surface area (Å²) in [7, 11) is 0. The van der Waals surface area contributed by atoms with Crippen molar-refractivity contribution in [3.05, 3.63) is 17.5 Å². The summed E-state index contributed by atoms with van der Waals surface area (Å²) in [5.74, 6) is -3.85. The molecule has 1 heterocycles. The Balaban J connectivity index is 2.92. The average Bonchev–Trinajstić information content (AvgIpc) is 2.76. The van der Waals surface area contributed by atoms with Crippen LogP contribution in [0.25, 0.3) is 0 Å². The van der Waals surface area contributed by atoms with E-state index in [9.17, 15) is 14.4 Å². The molecule has 3 N–H and O–H groups in total. The molecule has 0 aliphatic rings. The molecule has 0 bridgehead atoms. The lowest BCUT2D eigenvalue weighted by Crippen LogP contribution is -2.33. The predicted molar refractivity (Wildman–Crippen MR) is 105 cm³/mol. The van der Waals surface area contributed by atoms with E-state index in [0.717, 1.165) is 38.5 Å². The Morgan fingerprint density at radius 1 is 0.600 bits per heavy atom. The first-order valence-electron chi connectivity index (χ1n) is 10.1. The van der Waals surface area contributed by atoms with Gasteiger partial charge in [-0.2, -0.15) is 15.0 Å². The zero-order valence-electron chi connectivity index (χ0n) is 17.7. The molecule has 0 radical (unpaired) electrons. The summed E-state index contributed by atoms with van der Waals surface area (Å²) in [4.78, 5) is 63.2. The maximum absolute atomic E-state index is 12.2. The fraction of sp³-hybridized carbons (Fsp3) is 0.667. The second kappa shape index (κ2) is 15.2. The summed E-state index contributed by atoms with van der Waals surface area (Å²) in [5, 5.41) is 0. The monoisotopic (exact) mass is 426 g/mol. The van der Waals surface area contributed by atoms with Crippen LogP contribution in [-0.2, 0) is 14.5 Å². The van der Waals surface area contributed by atoms with Gasteiger partial charge in [-0.1, -0.05) is 40.0 Å². The van der Waals surface area contributed by atoms with E-state index in [0.29, 0.717) is 19.8 Å². The van der Waals surface area contributed by atoms with Crippen molar-refractivity contribution in [3.63, 3.8) is 0 Å². The quantitative estimate of drug-likeness (QED) is 0.278. The minimum Gasteiger partial charge on any atom is -0.273 e. The summed E-state index contributed by atoms with van der Waals surface area (Å²) < 4.78 is 0. The molecule has 0 atom stereocenters. The standard InChI is InChI=1S/C18H30N6O6/c1-4-7-10-28-22-16(25)13-19-14(17(26)23-29-11-8-5-2)21-15(20-13)18(27)24-30-12-9-6-3/h4-12H2,1-3H3,(H,22,25)(H,23,26)(H,24,27). The number of hydrogen-bond donors (Lipinski definition) is 3. The Labute approximate surface area is 175 Å². The molecular formula is C18H30N6O6. The Morgan fingerprint density at radius 3 is 1.10 bits per heavy atom. The van der Waals surface area contributed by atoms with E-state index in [1.165, 1.54) is 0 Å². The molecule has 168 valence electrons. The first-order valence-corrected chi connectivity index (χ1v) is 10.1. The topological polar surface area (TPSA) is 154 Å². The summed E-state index contributed by atoms with van der Waals surface area (Å²) in [6, 6.07) is 0. The molecule has 12 heteroatoms. The average molecular weight is 426 g/mol. The molecule has 12 nitrogen and oxygen atoms in total. The first-order chi connectivity index (χ1) is 14.5. The van der Waals surface area contributed by atoms with Gasteiger partial charge < -0.3 is 0 Å². The van der Waals surface area contributed by atoms with Gasteiger partial charge in [0.15, 0.2) is 0 Å². The number of unbranched alkanes of at least 4 members (excludes halogenated alkanes) is 3. The molecule has 0 unspecified atom stereocenters. The van der Waals surface area contributed by atoms with Gasteiger partial charge in [0.2, 0.25) is 17.5 Å². The number of amides is 3. The molecule has 0 saturated heterocycles. The van der Waals surface area contributed by atoms with Crippen LogP contribution in [0.1, 0.15) is 91.2 Å². The van der Waals surface area contributed by atoms with Gasteiger partial charge in [0.25, 0.3) is 0 Å². The molecule has 1 rings (SSSR count). The molecule has 0 spiro atoms. The number of carbonyl (C=O) groups is 3. The van der Waals surface area contributed by atoms with Crippen molar-refractivity contribution in [2.24, 2.45) is 0 Å². The van der Waals surface area contributed by atoms with Crippen molar-refractivity contribution in [1.82, 2.24) is 31.4 Å². The van der Waals surface area contributed by atoms with Crippen molar-refractivity contribution in [1.29, 1.82) is 0 Å². The molecule has 0 fully saturated rings. The lowest BCUT2D eigenvalue weighted by atomic mass is 10.4. The minimum atomic E-state index is -0.824. The number of aromatic nitrogens is 3. The summed E-state index contributed by atoms with van der Waals surface area (Å²) in [6.07, 6.45) is 4.86. The molecule has 0 aliphatic heterocycles. The Morgan fingerprint density at radius 2 is 0.867 bits per heavy atom. The number of rotatable bonds is 15. The highest BCUT2D eigenvalue weighted by atomic mass is 16.7. The van der Waals surface area contributed by atoms with E-state index in [1.807, 2.05) is 20.8 Å². The molecule has 0 aromatic carbocycles. The highest BCUT2D eigenvalue weighted by Gasteiger charge is 2.22. The highest BCUT2D eigenvalue weighted by Crippen LogP contribution is 2.00. The van der Waals surface area contributed by atoms with Crippen molar-refractivity contribution in [2.45, 2.75) is 59.3 Å². The Kier molecular flexibility index (Phi) is 12.8. The van der Waals surface area contributed by atoms with Crippen LogP contribution in [0.4, 0.5) is 0 Å². The largest absolute Gasteiger partial charge is 0.312 e. The van der Waals surface area contributed by atoms with Gasteiger partial charge in [-0.3, -0.25) is 28.9 Å². The van der Waals surface area contributed by atoms with Gasteiger partial charge in [-0.15, -0.1) is 0 Å². The van der Waals surface area contributed by atoms with Crippen LogP contribution >= 0.6 is 0 Å². The van der Waals surface area contributed by atoms with Crippen LogP contribution in [0.15, 0.2) is 0 Å². The van der Waals surface area contributed by atoms with Crippen LogP contribution in [-0.4, -0.2) is 52.5 Å². The van der Waals surface area contributed by atoms with Crippen LogP contribution in [0.5, 0.6) is 0 Å². The number of hydrogen-bond acceptors (Lipinski definition) is 9. The van der Waals surface area contributed by atoms with Crippen LogP contribution in [0, 0.1) is 0 Å². The van der Waals surface area contributed by atoms with Gasteiger partial charge in [-0.25, -0.2) is 16.4 Å². The smallest absolute Gasteiger partial charge is 0.273 e. The maximum atomic E-state index is 12.2. The fourth-order valence-electron chi connectivity index (χ4n) is 1.82. The normalized spacial score (nSPS) is 10.5. The Bertz CT molecular complexity index is 584. The van der Waals surface area contributed by atoms with Crippen molar-refractivity contribution in [2.75, 3.05) is 19.8 Å². The van der Waals surface area contributed by atoms with E-state index in [4.69, 9.17) is 14.5 Å². The maximum Gasteiger partial charge on any atom is 0.312 e. The van der Waals surface area contributed by atoms with Crippen molar-refractivity contribution in [3.8, 4) is 0 Å². The molecular weight excluding hydrogens is 396 g/mol. The lowest BCUT2D eigenvalue weighted by Gasteiger charge is -2.09. The second-order valence-corrected chi connectivity index (χ2v) is 6.21. The SMILES string of the molecule is CCCCONC(=O)c1nc(C(=O)NOCCCC)nc(C(=O)NOCCCC)n1. The van der Waals surface area contributed by atoms with Gasteiger partial charge in [0, 0.05) is 0 Å². The molecule has 1 aromatic rings. The second-order valence-electron chi connectivity index (χ2n) is 6.21. The molecule has 0 aliphatic carbocycles. The van der Waals surface area contributed by atoms with Gasteiger partial charge in [-0.05, 0) is 19.3 Å². The Hall–Kier alpha value is -2.70. The van der Waals surface area contributed by atoms with E-state index in [-0.39, 0.29) is 0 Å². The number of carbonyl (C=O) groups excluding carboxylic acids is 3. The van der Waals surface area contributed by atoms with Gasteiger partial charge in [0.05, 0.1) is 19.8 Å². The zero-order valence-corrected chi connectivity index (χ0v) is 17.7. The first kappa shape index (κ1) is 25.3. The summed E-state index contributed by atoms with van der Waals surface area (Å²) in [6.45, 7) is 6.80. The zero-order chi connectivity index (χ0) is 22.2.